The second kappa shape index (κ2) is 5.42. The van der Waals surface area contributed by atoms with Crippen LogP contribution in [0.2, 0.25) is 0 Å². The molecule has 2 rings (SSSR count). The Morgan fingerprint density at radius 2 is 2.10 bits per heavy atom. The lowest BCUT2D eigenvalue weighted by Crippen LogP contribution is -2.17. The zero-order chi connectivity index (χ0) is 14.9. The summed E-state index contributed by atoms with van der Waals surface area (Å²) in [4.78, 5) is 18.6. The average molecular weight is 289 g/mol. The first kappa shape index (κ1) is 14.2. The minimum absolute atomic E-state index is 0.0852. The lowest BCUT2D eigenvalue weighted by molar-refractivity contribution is 0.420. The molecular formula is C14H15N3O2S. The van der Waals surface area contributed by atoms with Gasteiger partial charge in [-0.05, 0) is 43.3 Å². The zero-order valence-corrected chi connectivity index (χ0v) is 12.3. The summed E-state index contributed by atoms with van der Waals surface area (Å²) in [5, 5.41) is 9.95. The van der Waals surface area contributed by atoms with Crippen LogP contribution >= 0.6 is 12.2 Å². The highest BCUT2D eigenvalue weighted by atomic mass is 32.1. The van der Waals surface area contributed by atoms with Crippen LogP contribution in [0.3, 0.4) is 0 Å². The predicted octanol–water partition coefficient (Wildman–Crippen LogP) is 2.52. The third kappa shape index (κ3) is 2.70. The minimum Gasteiger partial charge on any atom is -0.494 e. The topological polar surface area (TPSA) is 70.4 Å². The molecule has 0 spiro atoms. The Labute approximate surface area is 121 Å². The predicted molar refractivity (Wildman–Crippen MR) is 81.7 cm³/mol. The van der Waals surface area contributed by atoms with E-state index in [1.54, 1.807) is 7.05 Å². The molecule has 6 heteroatoms. The van der Waals surface area contributed by atoms with E-state index in [0.29, 0.717) is 0 Å². The maximum absolute atomic E-state index is 11.8. The van der Waals surface area contributed by atoms with Gasteiger partial charge in [0.2, 0.25) is 5.88 Å². The molecule has 0 bridgehead atoms. The summed E-state index contributed by atoms with van der Waals surface area (Å²) in [7, 11) is 1.57. The summed E-state index contributed by atoms with van der Waals surface area (Å²) < 4.78 is 1.48. The van der Waals surface area contributed by atoms with E-state index in [4.69, 9.17) is 12.2 Å². The summed E-state index contributed by atoms with van der Waals surface area (Å²) in [6.45, 7) is 3.90. The Hall–Kier alpha value is -2.21. The third-order valence-corrected chi connectivity index (χ3v) is 3.40. The van der Waals surface area contributed by atoms with Gasteiger partial charge < -0.3 is 5.11 Å². The molecule has 2 N–H and O–H groups in total. The highest BCUT2D eigenvalue weighted by Gasteiger charge is 2.08. The fraction of sp³-hybridized carbons (Fsp3) is 0.214. The molecule has 0 radical (unpaired) electrons. The number of aromatic nitrogens is 2. The van der Waals surface area contributed by atoms with E-state index in [1.165, 1.54) is 10.8 Å². The van der Waals surface area contributed by atoms with Crippen LogP contribution in [0.4, 0.5) is 5.69 Å². The molecule has 0 aliphatic rings. The molecular weight excluding hydrogens is 274 g/mol. The summed E-state index contributed by atoms with van der Waals surface area (Å²) in [6.07, 6.45) is 1.35. The summed E-state index contributed by atoms with van der Waals surface area (Å²) in [5.74, 6) is -0.201. The highest BCUT2D eigenvalue weighted by molar-refractivity contribution is 7.71. The Balaban J connectivity index is 2.52. The lowest BCUT2D eigenvalue weighted by atomic mass is 10.1. The molecule has 0 saturated carbocycles. The molecule has 1 aromatic heterocycles. The van der Waals surface area contributed by atoms with Gasteiger partial charge in [-0.3, -0.25) is 19.3 Å². The van der Waals surface area contributed by atoms with Crippen LogP contribution in [0.15, 0.2) is 28.0 Å². The van der Waals surface area contributed by atoms with Gasteiger partial charge in [-0.1, -0.05) is 12.1 Å². The second-order valence-corrected chi connectivity index (χ2v) is 4.99. The summed E-state index contributed by atoms with van der Waals surface area (Å²) in [6, 6.07) is 5.86. The maximum atomic E-state index is 11.8. The van der Waals surface area contributed by atoms with Crippen molar-refractivity contribution in [1.82, 2.24) is 9.55 Å². The van der Waals surface area contributed by atoms with Crippen LogP contribution in [-0.2, 0) is 7.05 Å². The minimum atomic E-state index is -0.459. The number of hydrogen-bond donors (Lipinski definition) is 2. The average Bonchev–Trinajstić information content (AvgIpc) is 2.40. The maximum Gasteiger partial charge on any atom is 0.264 e. The van der Waals surface area contributed by atoms with Crippen LogP contribution in [0.25, 0.3) is 0 Å². The number of rotatable bonds is 2. The van der Waals surface area contributed by atoms with Gasteiger partial charge in [0.1, 0.15) is 5.56 Å². The van der Waals surface area contributed by atoms with Gasteiger partial charge in [0.25, 0.3) is 5.56 Å². The number of hydrogen-bond acceptors (Lipinski definition) is 4. The van der Waals surface area contributed by atoms with Gasteiger partial charge in [-0.2, -0.15) is 0 Å². The molecule has 104 valence electrons. The van der Waals surface area contributed by atoms with Crippen LogP contribution < -0.4 is 5.56 Å². The number of aryl methyl sites for hydroxylation is 2. The highest BCUT2D eigenvalue weighted by Crippen LogP contribution is 2.20. The molecule has 0 unspecified atom stereocenters. The van der Waals surface area contributed by atoms with E-state index in [1.807, 2.05) is 32.0 Å². The molecule has 0 fully saturated rings. The third-order valence-electron chi connectivity index (χ3n) is 3.03. The molecule has 20 heavy (non-hydrogen) atoms. The van der Waals surface area contributed by atoms with Gasteiger partial charge in [0.05, 0.1) is 5.69 Å². The van der Waals surface area contributed by atoms with Gasteiger partial charge in [-0.15, -0.1) is 0 Å². The second-order valence-electron chi connectivity index (χ2n) is 4.60. The first-order valence-corrected chi connectivity index (χ1v) is 6.44. The number of aromatic hydroxyl groups is 1. The Morgan fingerprint density at radius 3 is 2.80 bits per heavy atom. The van der Waals surface area contributed by atoms with E-state index in [9.17, 15) is 9.90 Å². The Bertz CT molecular complexity index is 803. The van der Waals surface area contributed by atoms with Crippen LogP contribution in [0, 0.1) is 18.6 Å². The van der Waals surface area contributed by atoms with Crippen molar-refractivity contribution >= 4 is 24.1 Å². The lowest BCUT2D eigenvalue weighted by Gasteiger charge is -2.05. The first-order valence-electron chi connectivity index (χ1n) is 6.03. The fourth-order valence-electron chi connectivity index (χ4n) is 1.74. The monoisotopic (exact) mass is 289 g/mol. The van der Waals surface area contributed by atoms with E-state index >= 15 is 0 Å². The Morgan fingerprint density at radius 1 is 1.40 bits per heavy atom. The summed E-state index contributed by atoms with van der Waals surface area (Å²) in [5.41, 5.74) is 2.45. The van der Waals surface area contributed by atoms with Crippen molar-refractivity contribution in [2.75, 3.05) is 0 Å². The van der Waals surface area contributed by atoms with Crippen molar-refractivity contribution in [3.05, 3.63) is 50.0 Å². The van der Waals surface area contributed by atoms with E-state index in [-0.39, 0.29) is 16.2 Å². The van der Waals surface area contributed by atoms with Crippen LogP contribution in [0.5, 0.6) is 5.88 Å². The van der Waals surface area contributed by atoms with Gasteiger partial charge in [-0.25, -0.2) is 0 Å². The van der Waals surface area contributed by atoms with E-state index in [0.717, 1.165) is 16.8 Å². The largest absolute Gasteiger partial charge is 0.494 e. The van der Waals surface area contributed by atoms with Crippen molar-refractivity contribution in [2.24, 2.45) is 12.0 Å². The molecule has 5 nitrogen and oxygen atoms in total. The SMILES string of the molecule is Cc1ccc(C)c(N=Cc2c(O)n(C)c(=S)[nH]c2=O)c1. The van der Waals surface area contributed by atoms with Gasteiger partial charge in [0.15, 0.2) is 4.77 Å². The fourth-order valence-corrected chi connectivity index (χ4v) is 1.91. The molecule has 1 heterocycles. The molecule has 0 atom stereocenters. The van der Waals surface area contributed by atoms with Crippen molar-refractivity contribution in [2.45, 2.75) is 13.8 Å². The van der Waals surface area contributed by atoms with Gasteiger partial charge in [0, 0.05) is 13.3 Å². The van der Waals surface area contributed by atoms with Gasteiger partial charge >= 0.3 is 0 Å². The molecule has 0 amide bonds. The molecule has 1 aromatic carbocycles. The van der Waals surface area contributed by atoms with E-state index < -0.39 is 5.56 Å². The van der Waals surface area contributed by atoms with Crippen molar-refractivity contribution < 1.29 is 5.11 Å². The molecule has 0 aliphatic carbocycles. The number of H-pyrrole nitrogens is 1. The standard InChI is InChI=1S/C14H15N3O2S/c1-8-4-5-9(2)11(6-8)15-7-10-12(18)16-14(20)17(3)13(10)19/h4-7,19H,1-3H3,(H,16,18,20). The van der Waals surface area contributed by atoms with Crippen molar-refractivity contribution in [3.8, 4) is 5.88 Å². The zero-order valence-electron chi connectivity index (χ0n) is 11.5. The van der Waals surface area contributed by atoms with Crippen molar-refractivity contribution in [1.29, 1.82) is 0 Å². The molecule has 2 aromatic rings. The smallest absolute Gasteiger partial charge is 0.264 e. The number of nitrogens with zero attached hydrogens (tertiary/aromatic N) is 2. The Kier molecular flexibility index (Phi) is 3.85. The number of aromatic amines is 1. The quantitative estimate of drug-likeness (QED) is 0.659. The molecule has 0 aliphatic heterocycles. The number of benzene rings is 1. The van der Waals surface area contributed by atoms with Crippen LogP contribution in [0.1, 0.15) is 16.7 Å². The van der Waals surface area contributed by atoms with Crippen molar-refractivity contribution in [3.63, 3.8) is 0 Å². The van der Waals surface area contributed by atoms with Crippen LogP contribution in [-0.4, -0.2) is 20.9 Å². The number of nitrogens with one attached hydrogen (secondary N) is 1. The summed E-state index contributed by atoms with van der Waals surface area (Å²) >= 11 is 4.91. The van der Waals surface area contributed by atoms with E-state index in [2.05, 4.69) is 9.98 Å². The number of aliphatic imine (C=N–C) groups is 1. The first-order chi connectivity index (χ1) is 9.40. The molecule has 0 saturated heterocycles. The normalized spacial score (nSPS) is 11.2.